The molecule has 0 aliphatic rings. The van der Waals surface area contributed by atoms with Crippen LogP contribution in [0.4, 0.5) is 10.1 Å². The van der Waals surface area contributed by atoms with E-state index in [-0.39, 0.29) is 5.69 Å². The van der Waals surface area contributed by atoms with Gasteiger partial charge < -0.3 is 10.1 Å². The molecule has 0 heterocycles. The molecule has 2 N–H and O–H groups in total. The molecule has 156 valence electrons. The molecule has 0 saturated heterocycles. The van der Waals surface area contributed by atoms with Gasteiger partial charge in [0.25, 0.3) is 0 Å². The molecule has 0 unspecified atom stereocenters. The van der Waals surface area contributed by atoms with Gasteiger partial charge in [0, 0.05) is 5.69 Å². The van der Waals surface area contributed by atoms with Crippen molar-refractivity contribution in [3.8, 4) is 5.75 Å². The number of aryl methyl sites for hydroxylation is 1. The Morgan fingerprint density at radius 2 is 1.65 bits per heavy atom. The summed E-state index contributed by atoms with van der Waals surface area (Å²) in [4.78, 5) is 35.8. The highest BCUT2D eigenvalue weighted by Crippen LogP contribution is 2.15. The Kier molecular flexibility index (Phi) is 6.85. The van der Waals surface area contributed by atoms with Crippen LogP contribution in [-0.4, -0.2) is 24.0 Å². The topological polar surface area (TPSA) is 96.9 Å². The molecule has 0 atom stereocenters. The van der Waals surface area contributed by atoms with Gasteiger partial charge in [-0.05, 0) is 61.0 Å². The van der Waals surface area contributed by atoms with Crippen LogP contribution in [0, 0.1) is 12.7 Å². The van der Waals surface area contributed by atoms with Crippen LogP contribution < -0.4 is 15.5 Å². The molecule has 0 aliphatic carbocycles. The number of rotatable bonds is 5. The van der Waals surface area contributed by atoms with Gasteiger partial charge in [-0.3, -0.25) is 9.59 Å². The van der Waals surface area contributed by atoms with Gasteiger partial charge in [-0.1, -0.05) is 29.8 Å². The van der Waals surface area contributed by atoms with E-state index in [4.69, 9.17) is 4.74 Å². The predicted molar refractivity (Wildman–Crippen MR) is 113 cm³/mol. The summed E-state index contributed by atoms with van der Waals surface area (Å²) in [6, 6.07) is 18.4. The van der Waals surface area contributed by atoms with Crippen LogP contribution in [0.15, 0.2) is 77.9 Å². The van der Waals surface area contributed by atoms with Crippen molar-refractivity contribution in [3.63, 3.8) is 0 Å². The van der Waals surface area contributed by atoms with E-state index in [1.807, 2.05) is 19.1 Å². The number of ether oxygens (including phenoxy) is 1. The molecule has 8 heteroatoms. The highest BCUT2D eigenvalue weighted by molar-refractivity contribution is 6.39. The van der Waals surface area contributed by atoms with Crippen molar-refractivity contribution in [2.24, 2.45) is 5.10 Å². The molecule has 3 aromatic rings. The van der Waals surface area contributed by atoms with Gasteiger partial charge in [-0.25, -0.2) is 14.6 Å². The lowest BCUT2D eigenvalue weighted by Gasteiger charge is -2.05. The molecule has 2 amide bonds. The van der Waals surface area contributed by atoms with Crippen molar-refractivity contribution >= 4 is 29.7 Å². The molecular formula is C23H18FN3O4. The second kappa shape index (κ2) is 9.93. The van der Waals surface area contributed by atoms with Crippen LogP contribution in [-0.2, 0) is 9.59 Å². The minimum Gasteiger partial charge on any atom is -0.423 e. The first-order chi connectivity index (χ1) is 14.9. The van der Waals surface area contributed by atoms with E-state index in [1.165, 1.54) is 18.3 Å². The van der Waals surface area contributed by atoms with Gasteiger partial charge in [-0.15, -0.1) is 0 Å². The number of nitrogens with zero attached hydrogens (tertiary/aromatic N) is 1. The van der Waals surface area contributed by atoms with Crippen molar-refractivity contribution in [2.45, 2.75) is 6.92 Å². The molecule has 7 nitrogen and oxygen atoms in total. The molecular weight excluding hydrogens is 401 g/mol. The molecule has 0 aliphatic heterocycles. The second-order valence-corrected chi connectivity index (χ2v) is 6.49. The average molecular weight is 419 g/mol. The summed E-state index contributed by atoms with van der Waals surface area (Å²) in [6.07, 6.45) is 1.30. The lowest BCUT2D eigenvalue weighted by molar-refractivity contribution is -0.136. The number of hydrogen-bond acceptors (Lipinski definition) is 5. The van der Waals surface area contributed by atoms with E-state index < -0.39 is 23.6 Å². The molecule has 0 bridgehead atoms. The first kappa shape index (κ1) is 21.4. The van der Waals surface area contributed by atoms with E-state index in [0.717, 1.165) is 17.7 Å². The Hall–Kier alpha value is -4.33. The standard InChI is InChI=1S/C23H18FN3O4/c1-15-5-7-17(8-6-15)23(30)31-20-4-2-3-16(13-20)14-25-27-22(29)21(28)26-19-11-9-18(24)10-12-19/h2-14H,1H3,(H,26,28)(H,27,29)/b25-14+. The van der Waals surface area contributed by atoms with Crippen LogP contribution in [0.1, 0.15) is 21.5 Å². The van der Waals surface area contributed by atoms with Crippen molar-refractivity contribution in [2.75, 3.05) is 5.32 Å². The predicted octanol–water partition coefficient (Wildman–Crippen LogP) is 3.44. The zero-order valence-electron chi connectivity index (χ0n) is 16.5. The van der Waals surface area contributed by atoms with Crippen LogP contribution in [0.3, 0.4) is 0 Å². The maximum atomic E-state index is 12.9. The van der Waals surface area contributed by atoms with Crippen molar-refractivity contribution in [3.05, 3.63) is 95.3 Å². The maximum absolute atomic E-state index is 12.9. The molecule has 0 aromatic heterocycles. The highest BCUT2D eigenvalue weighted by Gasteiger charge is 2.13. The summed E-state index contributed by atoms with van der Waals surface area (Å²) in [5.74, 6) is -2.61. The van der Waals surface area contributed by atoms with Crippen LogP contribution in [0.2, 0.25) is 0 Å². The summed E-state index contributed by atoms with van der Waals surface area (Å²) >= 11 is 0. The Balaban J connectivity index is 1.55. The van der Waals surface area contributed by atoms with Gasteiger partial charge in [-0.2, -0.15) is 5.10 Å². The number of benzene rings is 3. The van der Waals surface area contributed by atoms with Gasteiger partial charge >= 0.3 is 17.8 Å². The quantitative estimate of drug-likeness (QED) is 0.218. The normalized spacial score (nSPS) is 10.5. The average Bonchev–Trinajstić information content (AvgIpc) is 2.76. The van der Waals surface area contributed by atoms with Crippen LogP contribution >= 0.6 is 0 Å². The Morgan fingerprint density at radius 3 is 2.35 bits per heavy atom. The van der Waals surface area contributed by atoms with E-state index in [0.29, 0.717) is 16.9 Å². The number of nitrogens with one attached hydrogen (secondary N) is 2. The Morgan fingerprint density at radius 1 is 0.935 bits per heavy atom. The summed E-state index contributed by atoms with van der Waals surface area (Å²) in [5.41, 5.74) is 4.35. The van der Waals surface area contributed by atoms with Crippen molar-refractivity contribution in [1.29, 1.82) is 0 Å². The molecule has 3 aromatic carbocycles. The number of esters is 1. The highest BCUT2D eigenvalue weighted by atomic mass is 19.1. The second-order valence-electron chi connectivity index (χ2n) is 6.49. The van der Waals surface area contributed by atoms with E-state index in [2.05, 4.69) is 15.8 Å². The molecule has 31 heavy (non-hydrogen) atoms. The minimum absolute atomic E-state index is 0.272. The fourth-order valence-corrected chi connectivity index (χ4v) is 2.45. The number of amides is 2. The third-order valence-corrected chi connectivity index (χ3v) is 4.04. The fraction of sp³-hybridized carbons (Fsp3) is 0.0435. The largest absolute Gasteiger partial charge is 0.423 e. The maximum Gasteiger partial charge on any atom is 0.343 e. The summed E-state index contributed by atoms with van der Waals surface area (Å²) in [5, 5.41) is 6.04. The van der Waals surface area contributed by atoms with Gasteiger partial charge in [0.1, 0.15) is 11.6 Å². The number of anilines is 1. The van der Waals surface area contributed by atoms with Gasteiger partial charge in [0.15, 0.2) is 0 Å². The van der Waals surface area contributed by atoms with E-state index in [1.54, 1.807) is 36.4 Å². The zero-order chi connectivity index (χ0) is 22.2. The lowest BCUT2D eigenvalue weighted by atomic mass is 10.1. The number of hydrogen-bond donors (Lipinski definition) is 2. The summed E-state index contributed by atoms with van der Waals surface area (Å²) in [6.45, 7) is 1.92. The fourth-order valence-electron chi connectivity index (χ4n) is 2.45. The summed E-state index contributed by atoms with van der Waals surface area (Å²) < 4.78 is 18.2. The van der Waals surface area contributed by atoms with E-state index in [9.17, 15) is 18.8 Å². The first-order valence-corrected chi connectivity index (χ1v) is 9.19. The van der Waals surface area contributed by atoms with Crippen molar-refractivity contribution < 1.29 is 23.5 Å². The Bertz CT molecular complexity index is 1130. The number of hydrazone groups is 1. The van der Waals surface area contributed by atoms with Crippen LogP contribution in [0.25, 0.3) is 0 Å². The third-order valence-electron chi connectivity index (χ3n) is 4.04. The van der Waals surface area contributed by atoms with Crippen LogP contribution in [0.5, 0.6) is 5.75 Å². The number of carbonyl (C=O) groups excluding carboxylic acids is 3. The molecule has 0 radical (unpaired) electrons. The van der Waals surface area contributed by atoms with Gasteiger partial charge in [0.05, 0.1) is 11.8 Å². The molecule has 0 saturated carbocycles. The monoisotopic (exact) mass is 419 g/mol. The molecule has 0 fully saturated rings. The first-order valence-electron chi connectivity index (χ1n) is 9.19. The smallest absolute Gasteiger partial charge is 0.343 e. The number of halogens is 1. The summed E-state index contributed by atoms with van der Waals surface area (Å²) in [7, 11) is 0. The third kappa shape index (κ3) is 6.33. The molecule has 3 rings (SSSR count). The minimum atomic E-state index is -0.998. The lowest BCUT2D eigenvalue weighted by Crippen LogP contribution is -2.32. The van der Waals surface area contributed by atoms with Gasteiger partial charge in [0.2, 0.25) is 0 Å². The Labute approximate surface area is 177 Å². The van der Waals surface area contributed by atoms with Crippen molar-refractivity contribution in [1.82, 2.24) is 5.43 Å². The van der Waals surface area contributed by atoms with E-state index >= 15 is 0 Å². The number of carbonyl (C=O) groups is 3. The molecule has 0 spiro atoms. The SMILES string of the molecule is Cc1ccc(C(=O)Oc2cccc(/C=N/NC(=O)C(=O)Nc3ccc(F)cc3)c2)cc1. The zero-order valence-corrected chi connectivity index (χ0v) is 16.5.